The minimum atomic E-state index is -1.03. The fourth-order valence-electron chi connectivity index (χ4n) is 3.82. The first-order chi connectivity index (χ1) is 13.2. The van der Waals surface area contributed by atoms with Crippen molar-refractivity contribution in [2.75, 3.05) is 6.61 Å². The number of fused-ring (bicyclic) bond motifs is 3. The Morgan fingerprint density at radius 2 is 2.04 bits per heavy atom. The number of aliphatic carboxylic acids is 1. The van der Waals surface area contributed by atoms with E-state index in [9.17, 15) is 9.59 Å². The molecule has 0 aromatic carbocycles. The molecule has 3 aliphatic rings. The van der Waals surface area contributed by atoms with Crippen molar-refractivity contribution in [2.24, 2.45) is 0 Å². The minimum absolute atomic E-state index is 0.100. The van der Waals surface area contributed by atoms with Crippen molar-refractivity contribution in [2.45, 2.75) is 83.4 Å². The Morgan fingerprint density at radius 1 is 1.29 bits per heavy atom. The number of hydrogen-bond donors (Lipinski definition) is 1. The number of allylic oxidation sites excluding steroid dienone is 2. The van der Waals surface area contributed by atoms with E-state index in [0.29, 0.717) is 12.2 Å². The Kier molecular flexibility index (Phi) is 5.94. The highest BCUT2D eigenvalue weighted by molar-refractivity contribution is 6.08. The maximum absolute atomic E-state index is 13.3. The summed E-state index contributed by atoms with van der Waals surface area (Å²) in [4.78, 5) is 24.4. The van der Waals surface area contributed by atoms with E-state index in [1.54, 1.807) is 6.08 Å². The van der Waals surface area contributed by atoms with Crippen LogP contribution in [0.1, 0.15) is 59.8 Å². The molecule has 0 saturated carbocycles. The Labute approximate surface area is 166 Å². The summed E-state index contributed by atoms with van der Waals surface area (Å²) in [6, 6.07) is 0. The molecule has 6 heteroatoms. The molecule has 0 aromatic rings. The summed E-state index contributed by atoms with van der Waals surface area (Å²) < 4.78 is 17.8. The molecular weight excluding hydrogens is 360 g/mol. The van der Waals surface area contributed by atoms with Crippen LogP contribution in [0.3, 0.4) is 0 Å². The first-order valence-corrected chi connectivity index (χ1v) is 10.1. The van der Waals surface area contributed by atoms with Crippen molar-refractivity contribution in [1.82, 2.24) is 0 Å². The molecule has 1 N–H and O–H groups in total. The van der Waals surface area contributed by atoms with E-state index in [-0.39, 0.29) is 23.9 Å². The zero-order valence-electron chi connectivity index (χ0n) is 17.1. The summed E-state index contributed by atoms with van der Waals surface area (Å²) in [5, 5.41) is 9.11. The molecule has 2 saturated heterocycles. The van der Waals surface area contributed by atoms with Gasteiger partial charge >= 0.3 is 5.97 Å². The lowest BCUT2D eigenvalue weighted by molar-refractivity contribution is -0.255. The van der Waals surface area contributed by atoms with Gasteiger partial charge < -0.3 is 19.3 Å². The molecule has 28 heavy (non-hydrogen) atoms. The molecule has 3 rings (SSSR count). The molecule has 2 heterocycles. The van der Waals surface area contributed by atoms with Crippen LogP contribution in [0.5, 0.6) is 0 Å². The van der Waals surface area contributed by atoms with Crippen LogP contribution in [0.15, 0.2) is 34.9 Å². The molecule has 0 spiro atoms. The van der Waals surface area contributed by atoms with E-state index in [1.807, 2.05) is 26.0 Å². The quantitative estimate of drug-likeness (QED) is 0.386. The highest BCUT2D eigenvalue weighted by Crippen LogP contribution is 2.53. The molecule has 0 unspecified atom stereocenters. The third-order valence-electron chi connectivity index (χ3n) is 5.63. The zero-order chi connectivity index (χ0) is 20.5. The van der Waals surface area contributed by atoms with E-state index in [0.717, 1.165) is 31.3 Å². The lowest BCUT2D eigenvalue weighted by Crippen LogP contribution is -2.50. The molecule has 0 amide bonds. The molecule has 6 nitrogen and oxygen atoms in total. The van der Waals surface area contributed by atoms with Gasteiger partial charge in [-0.05, 0) is 39.2 Å². The topological polar surface area (TPSA) is 85.4 Å². The van der Waals surface area contributed by atoms with E-state index >= 15 is 0 Å². The summed E-state index contributed by atoms with van der Waals surface area (Å²) in [5.41, 5.74) is 0.595. The highest BCUT2D eigenvalue weighted by atomic mass is 16.7. The fourth-order valence-corrected chi connectivity index (χ4v) is 3.82. The van der Waals surface area contributed by atoms with Crippen molar-refractivity contribution in [1.29, 1.82) is 0 Å². The standard InChI is InChI=1S/C22H30O6/c1-5-6-7-8-9-10-15-16-13-26-21(3,4)27-17(16)19-22(28-19,18(15)23)12-11-14(2)20(24)25/h9-11,17,19H,5-8,12-13H2,1-4H3,(H,24,25)/b10-9+,14-11+/t17-,19-,22+/m1/s1. The Morgan fingerprint density at radius 3 is 2.71 bits per heavy atom. The van der Waals surface area contributed by atoms with E-state index in [1.165, 1.54) is 6.92 Å². The second-order valence-corrected chi connectivity index (χ2v) is 8.22. The first kappa shape index (κ1) is 21.0. The number of Topliss-reactive ketones (excluding diaryl/α,β-unsaturated/α-hetero) is 1. The Bertz CT molecular complexity index is 744. The van der Waals surface area contributed by atoms with Crippen LogP contribution in [0, 0.1) is 0 Å². The number of epoxide rings is 1. The van der Waals surface area contributed by atoms with Crippen LogP contribution >= 0.6 is 0 Å². The van der Waals surface area contributed by atoms with Crippen LogP contribution in [0.4, 0.5) is 0 Å². The molecule has 0 aromatic heterocycles. The van der Waals surface area contributed by atoms with Gasteiger partial charge in [-0.1, -0.05) is 38.0 Å². The number of ketones is 1. The summed E-state index contributed by atoms with van der Waals surface area (Å²) in [6.45, 7) is 7.70. The van der Waals surface area contributed by atoms with E-state index in [4.69, 9.17) is 19.3 Å². The molecule has 3 atom stereocenters. The summed E-state index contributed by atoms with van der Waals surface area (Å²) in [7, 11) is 0. The Hall–Kier alpha value is -1.76. The maximum atomic E-state index is 13.3. The second kappa shape index (κ2) is 7.93. The van der Waals surface area contributed by atoms with Crippen molar-refractivity contribution >= 4 is 11.8 Å². The average molecular weight is 390 g/mol. The maximum Gasteiger partial charge on any atom is 0.330 e. The summed E-state index contributed by atoms with van der Waals surface area (Å²) in [5.74, 6) is -1.85. The summed E-state index contributed by atoms with van der Waals surface area (Å²) >= 11 is 0. The van der Waals surface area contributed by atoms with Gasteiger partial charge in [0.1, 0.15) is 12.2 Å². The molecule has 154 valence electrons. The van der Waals surface area contributed by atoms with Gasteiger partial charge in [0.15, 0.2) is 17.2 Å². The van der Waals surface area contributed by atoms with Gasteiger partial charge in [0.05, 0.1) is 6.61 Å². The van der Waals surface area contributed by atoms with Gasteiger partial charge in [0, 0.05) is 17.6 Å². The van der Waals surface area contributed by atoms with Crippen molar-refractivity contribution < 1.29 is 28.9 Å². The first-order valence-electron chi connectivity index (χ1n) is 10.1. The number of carboxylic acid groups (broad SMARTS) is 1. The largest absolute Gasteiger partial charge is 0.478 e. The Balaban J connectivity index is 1.88. The van der Waals surface area contributed by atoms with Gasteiger partial charge in [-0.3, -0.25) is 4.79 Å². The highest BCUT2D eigenvalue weighted by Gasteiger charge is 2.69. The second-order valence-electron chi connectivity index (χ2n) is 8.22. The van der Waals surface area contributed by atoms with Gasteiger partial charge in [0.25, 0.3) is 0 Å². The normalized spacial score (nSPS) is 31.7. The van der Waals surface area contributed by atoms with Crippen molar-refractivity contribution in [3.63, 3.8) is 0 Å². The number of carbonyl (C=O) groups excluding carboxylic acids is 1. The van der Waals surface area contributed by atoms with Gasteiger partial charge in [-0.15, -0.1) is 0 Å². The fraction of sp³-hybridized carbons (Fsp3) is 0.636. The number of rotatable bonds is 8. The molecule has 2 aliphatic heterocycles. The average Bonchev–Trinajstić information content (AvgIpc) is 3.38. The van der Waals surface area contributed by atoms with Gasteiger partial charge in [0.2, 0.25) is 0 Å². The van der Waals surface area contributed by atoms with Crippen LogP contribution in [-0.4, -0.2) is 47.1 Å². The number of unbranched alkanes of at least 4 members (excludes halogenated alkanes) is 3. The molecule has 0 radical (unpaired) electrons. The third-order valence-corrected chi connectivity index (χ3v) is 5.63. The smallest absolute Gasteiger partial charge is 0.330 e. The van der Waals surface area contributed by atoms with E-state index < -0.39 is 23.5 Å². The summed E-state index contributed by atoms with van der Waals surface area (Å²) in [6.07, 6.45) is 9.25. The lowest BCUT2D eigenvalue weighted by Gasteiger charge is -2.40. The number of carbonyl (C=O) groups is 2. The SMILES string of the molecule is CCCCC/C=C/C1=C2COC(C)(C)O[C@H]2[C@H]2O[C@@]2(C/C=C(\C)C(=O)O)C1=O. The molecule has 0 bridgehead atoms. The van der Waals surface area contributed by atoms with Crippen molar-refractivity contribution in [3.8, 4) is 0 Å². The van der Waals surface area contributed by atoms with E-state index in [2.05, 4.69) is 6.92 Å². The predicted octanol–water partition coefficient (Wildman–Crippen LogP) is 3.71. The lowest BCUT2D eigenvalue weighted by atomic mass is 9.78. The third kappa shape index (κ3) is 4.00. The number of carboxylic acids is 1. The molecule has 2 fully saturated rings. The minimum Gasteiger partial charge on any atom is -0.478 e. The van der Waals surface area contributed by atoms with Crippen LogP contribution in [0.25, 0.3) is 0 Å². The van der Waals surface area contributed by atoms with Crippen LogP contribution in [-0.2, 0) is 23.8 Å². The predicted molar refractivity (Wildman–Crippen MR) is 104 cm³/mol. The van der Waals surface area contributed by atoms with Gasteiger partial charge in [-0.2, -0.15) is 0 Å². The van der Waals surface area contributed by atoms with Crippen molar-refractivity contribution in [3.05, 3.63) is 34.9 Å². The molecule has 1 aliphatic carbocycles. The monoisotopic (exact) mass is 390 g/mol. The molecular formula is C22H30O6. The van der Waals surface area contributed by atoms with Gasteiger partial charge in [-0.25, -0.2) is 4.79 Å². The number of hydrogen-bond acceptors (Lipinski definition) is 5. The van der Waals surface area contributed by atoms with Crippen LogP contribution < -0.4 is 0 Å². The van der Waals surface area contributed by atoms with Crippen LogP contribution in [0.2, 0.25) is 0 Å². The zero-order valence-corrected chi connectivity index (χ0v) is 17.1. The number of ether oxygens (including phenoxy) is 3.